The van der Waals surface area contributed by atoms with Crippen molar-refractivity contribution >= 4 is 17.2 Å². The van der Waals surface area contributed by atoms with Gasteiger partial charge in [-0.2, -0.15) is 0 Å². The molecule has 112 valence electrons. The van der Waals surface area contributed by atoms with E-state index in [0.717, 1.165) is 24.2 Å². The lowest BCUT2D eigenvalue weighted by molar-refractivity contribution is 0.136. The van der Waals surface area contributed by atoms with Gasteiger partial charge in [0.25, 0.3) is 0 Å². The second-order valence-corrected chi connectivity index (χ2v) is 5.73. The van der Waals surface area contributed by atoms with Crippen LogP contribution in [0.5, 0.6) is 0 Å². The van der Waals surface area contributed by atoms with Crippen LogP contribution in [0.4, 0.5) is 4.39 Å². The summed E-state index contributed by atoms with van der Waals surface area (Å²) < 4.78 is 18.6. The molecule has 0 aliphatic carbocycles. The van der Waals surface area contributed by atoms with Crippen LogP contribution in [0, 0.1) is 11.7 Å². The first-order valence-electron chi connectivity index (χ1n) is 6.73. The maximum Gasteiger partial charge on any atom is 0.123 e. The van der Waals surface area contributed by atoms with Gasteiger partial charge in [-0.3, -0.25) is 4.90 Å². The maximum atomic E-state index is 13.4. The fourth-order valence-electron chi connectivity index (χ4n) is 2.15. The quantitative estimate of drug-likeness (QED) is 0.749. The zero-order valence-corrected chi connectivity index (χ0v) is 13.2. The summed E-state index contributed by atoms with van der Waals surface area (Å²) in [5.74, 6) is 0.255. The molecule has 1 aromatic carbocycles. The summed E-state index contributed by atoms with van der Waals surface area (Å²) >= 11 is 5.03. The summed E-state index contributed by atoms with van der Waals surface area (Å²) in [7, 11) is 1.68. The minimum Gasteiger partial charge on any atom is -0.389 e. The number of ether oxygens (including phenoxy) is 1. The lowest BCUT2D eigenvalue weighted by atomic mass is 10.1. The predicted molar refractivity (Wildman–Crippen MR) is 84.3 cm³/mol. The minimum atomic E-state index is -0.267. The smallest absolute Gasteiger partial charge is 0.123 e. The molecule has 0 fully saturated rings. The van der Waals surface area contributed by atoms with Crippen LogP contribution in [-0.2, 0) is 11.3 Å². The molecule has 1 aromatic rings. The molecule has 0 saturated heterocycles. The van der Waals surface area contributed by atoms with E-state index in [2.05, 4.69) is 18.7 Å². The van der Waals surface area contributed by atoms with Crippen LogP contribution in [0.1, 0.15) is 25.0 Å². The molecular formula is C15H23FN2OS. The van der Waals surface area contributed by atoms with E-state index in [9.17, 15) is 4.39 Å². The summed E-state index contributed by atoms with van der Waals surface area (Å²) in [4.78, 5) is 2.53. The molecule has 0 aliphatic rings. The van der Waals surface area contributed by atoms with Gasteiger partial charge in [-0.1, -0.05) is 26.1 Å². The van der Waals surface area contributed by atoms with Crippen LogP contribution in [0.15, 0.2) is 18.2 Å². The van der Waals surface area contributed by atoms with Crippen molar-refractivity contribution in [2.75, 3.05) is 26.8 Å². The van der Waals surface area contributed by atoms with Crippen molar-refractivity contribution in [2.45, 2.75) is 20.4 Å². The molecular weight excluding hydrogens is 275 g/mol. The van der Waals surface area contributed by atoms with Gasteiger partial charge in [0.1, 0.15) is 10.8 Å². The molecule has 0 aliphatic heterocycles. The fourth-order valence-corrected chi connectivity index (χ4v) is 2.35. The summed E-state index contributed by atoms with van der Waals surface area (Å²) in [6.45, 7) is 7.27. The predicted octanol–water partition coefficient (Wildman–Crippen LogP) is 2.56. The zero-order chi connectivity index (χ0) is 15.1. The van der Waals surface area contributed by atoms with Crippen molar-refractivity contribution in [3.05, 3.63) is 35.1 Å². The molecule has 1 rings (SSSR count). The molecule has 0 atom stereocenters. The Morgan fingerprint density at radius 3 is 2.70 bits per heavy atom. The van der Waals surface area contributed by atoms with Gasteiger partial charge in [-0.25, -0.2) is 4.39 Å². The molecule has 0 saturated carbocycles. The Bertz CT molecular complexity index is 451. The first kappa shape index (κ1) is 17.0. The molecule has 0 bridgehead atoms. The van der Waals surface area contributed by atoms with Crippen LogP contribution < -0.4 is 5.73 Å². The van der Waals surface area contributed by atoms with E-state index in [1.54, 1.807) is 13.2 Å². The molecule has 0 aromatic heterocycles. The number of nitrogens with zero attached hydrogens (tertiary/aromatic N) is 1. The number of halogens is 1. The Morgan fingerprint density at radius 1 is 1.45 bits per heavy atom. The molecule has 0 amide bonds. The minimum absolute atomic E-state index is 0.267. The van der Waals surface area contributed by atoms with E-state index in [1.165, 1.54) is 12.1 Å². The molecule has 0 radical (unpaired) electrons. The van der Waals surface area contributed by atoms with Gasteiger partial charge >= 0.3 is 0 Å². The normalized spacial score (nSPS) is 11.3. The van der Waals surface area contributed by atoms with E-state index in [1.807, 2.05) is 0 Å². The Balaban J connectivity index is 2.90. The zero-order valence-electron chi connectivity index (χ0n) is 12.4. The number of methoxy groups -OCH3 is 1. The highest BCUT2D eigenvalue weighted by molar-refractivity contribution is 7.80. The Hall–Kier alpha value is -1.04. The first-order chi connectivity index (χ1) is 9.43. The lowest BCUT2D eigenvalue weighted by Gasteiger charge is -2.25. The van der Waals surface area contributed by atoms with Crippen molar-refractivity contribution < 1.29 is 9.13 Å². The third-order valence-corrected chi connectivity index (χ3v) is 3.18. The monoisotopic (exact) mass is 298 g/mol. The highest BCUT2D eigenvalue weighted by Gasteiger charge is 2.13. The van der Waals surface area contributed by atoms with Crippen molar-refractivity contribution in [3.8, 4) is 0 Å². The number of rotatable bonds is 8. The largest absolute Gasteiger partial charge is 0.389 e. The number of benzene rings is 1. The average Bonchev–Trinajstić information content (AvgIpc) is 2.35. The van der Waals surface area contributed by atoms with Crippen molar-refractivity contribution in [1.29, 1.82) is 0 Å². The SMILES string of the molecule is COCCN(Cc1cc(F)ccc1C(N)=S)CC(C)C. The van der Waals surface area contributed by atoms with Gasteiger partial charge < -0.3 is 10.5 Å². The van der Waals surface area contributed by atoms with Crippen LogP contribution in [0.2, 0.25) is 0 Å². The molecule has 3 nitrogen and oxygen atoms in total. The fraction of sp³-hybridized carbons (Fsp3) is 0.533. The second kappa shape index (κ2) is 8.29. The lowest BCUT2D eigenvalue weighted by Crippen LogP contribution is -2.31. The van der Waals surface area contributed by atoms with Crippen LogP contribution in [0.25, 0.3) is 0 Å². The van der Waals surface area contributed by atoms with E-state index in [0.29, 0.717) is 24.1 Å². The van der Waals surface area contributed by atoms with E-state index >= 15 is 0 Å². The van der Waals surface area contributed by atoms with Gasteiger partial charge in [0.15, 0.2) is 0 Å². The molecule has 20 heavy (non-hydrogen) atoms. The molecule has 0 spiro atoms. The van der Waals surface area contributed by atoms with Gasteiger partial charge in [0.2, 0.25) is 0 Å². The van der Waals surface area contributed by atoms with Crippen molar-refractivity contribution in [3.63, 3.8) is 0 Å². The number of thiocarbonyl (C=S) groups is 1. The van der Waals surface area contributed by atoms with Gasteiger partial charge in [-0.05, 0) is 29.7 Å². The first-order valence-corrected chi connectivity index (χ1v) is 7.14. The van der Waals surface area contributed by atoms with E-state index in [4.69, 9.17) is 22.7 Å². The molecule has 2 N–H and O–H groups in total. The van der Waals surface area contributed by atoms with Crippen molar-refractivity contribution in [1.82, 2.24) is 4.90 Å². The topological polar surface area (TPSA) is 38.5 Å². The standard InChI is InChI=1S/C15H23FN2OS/c1-11(2)9-18(6-7-19-3)10-12-8-13(16)4-5-14(12)15(17)20/h4-5,8,11H,6-7,9-10H2,1-3H3,(H2,17,20). The van der Waals surface area contributed by atoms with Gasteiger partial charge in [-0.15, -0.1) is 0 Å². The number of nitrogens with two attached hydrogens (primary N) is 1. The Kier molecular flexibility index (Phi) is 7.05. The Morgan fingerprint density at radius 2 is 2.15 bits per heavy atom. The summed E-state index contributed by atoms with van der Waals surface area (Å²) in [6.07, 6.45) is 0. The molecule has 5 heteroatoms. The molecule has 0 unspecified atom stereocenters. The highest BCUT2D eigenvalue weighted by atomic mass is 32.1. The third kappa shape index (κ3) is 5.53. The highest BCUT2D eigenvalue weighted by Crippen LogP contribution is 2.15. The molecule has 0 heterocycles. The van der Waals surface area contributed by atoms with Gasteiger partial charge in [0.05, 0.1) is 6.61 Å². The number of hydrogen-bond donors (Lipinski definition) is 1. The summed E-state index contributed by atoms with van der Waals surface area (Å²) in [5.41, 5.74) is 7.28. The number of hydrogen-bond acceptors (Lipinski definition) is 3. The Labute approximate surface area is 125 Å². The summed E-state index contributed by atoms with van der Waals surface area (Å²) in [5, 5.41) is 0. The van der Waals surface area contributed by atoms with Crippen LogP contribution >= 0.6 is 12.2 Å². The third-order valence-electron chi connectivity index (χ3n) is 2.96. The van der Waals surface area contributed by atoms with Gasteiger partial charge in [0, 0.05) is 32.3 Å². The van der Waals surface area contributed by atoms with Crippen LogP contribution in [0.3, 0.4) is 0 Å². The van der Waals surface area contributed by atoms with E-state index in [-0.39, 0.29) is 5.82 Å². The summed E-state index contributed by atoms with van der Waals surface area (Å²) in [6, 6.07) is 4.55. The maximum absolute atomic E-state index is 13.4. The van der Waals surface area contributed by atoms with E-state index < -0.39 is 0 Å². The second-order valence-electron chi connectivity index (χ2n) is 5.29. The average molecular weight is 298 g/mol. The van der Waals surface area contributed by atoms with Crippen LogP contribution in [-0.4, -0.2) is 36.7 Å². The van der Waals surface area contributed by atoms with Crippen molar-refractivity contribution in [2.24, 2.45) is 11.7 Å².